The van der Waals surface area contributed by atoms with Crippen LogP contribution in [0.3, 0.4) is 0 Å². The van der Waals surface area contributed by atoms with E-state index in [0.29, 0.717) is 12.0 Å². The highest BCUT2D eigenvalue weighted by atomic mass is 16.5. The first-order chi connectivity index (χ1) is 17.6. The SMILES string of the molecule is O=C(CCc1ccccc1C(=O)O)OCc1ccccc1.c1ccc(CNCc2ccccc2)cc1. The largest absolute Gasteiger partial charge is 0.478 e. The first-order valence-corrected chi connectivity index (χ1v) is 11.9. The molecule has 0 aliphatic carbocycles. The summed E-state index contributed by atoms with van der Waals surface area (Å²) in [6.45, 7) is 2.09. The molecule has 0 spiro atoms. The van der Waals surface area contributed by atoms with E-state index < -0.39 is 5.97 Å². The summed E-state index contributed by atoms with van der Waals surface area (Å²) >= 11 is 0. The Balaban J connectivity index is 0.000000212. The van der Waals surface area contributed by atoms with Crippen molar-refractivity contribution in [2.75, 3.05) is 0 Å². The van der Waals surface area contributed by atoms with Crippen LogP contribution >= 0.6 is 0 Å². The van der Waals surface area contributed by atoms with Crippen LogP contribution in [0.15, 0.2) is 115 Å². The molecule has 5 nitrogen and oxygen atoms in total. The van der Waals surface area contributed by atoms with Gasteiger partial charge in [0.1, 0.15) is 6.61 Å². The van der Waals surface area contributed by atoms with E-state index in [4.69, 9.17) is 9.84 Å². The van der Waals surface area contributed by atoms with Crippen molar-refractivity contribution in [2.24, 2.45) is 0 Å². The first kappa shape index (κ1) is 26.4. The van der Waals surface area contributed by atoms with Crippen molar-refractivity contribution >= 4 is 11.9 Å². The van der Waals surface area contributed by atoms with Gasteiger partial charge in [-0.1, -0.05) is 109 Å². The van der Waals surface area contributed by atoms with Crippen molar-refractivity contribution in [2.45, 2.75) is 32.5 Å². The number of nitrogens with one attached hydrogen (secondary N) is 1. The van der Waals surface area contributed by atoms with Crippen molar-refractivity contribution in [1.82, 2.24) is 5.32 Å². The van der Waals surface area contributed by atoms with Gasteiger partial charge >= 0.3 is 11.9 Å². The van der Waals surface area contributed by atoms with Gasteiger partial charge in [-0.15, -0.1) is 0 Å². The number of hydrogen-bond donors (Lipinski definition) is 2. The average molecular weight is 482 g/mol. The maximum atomic E-state index is 11.7. The van der Waals surface area contributed by atoms with Gasteiger partial charge < -0.3 is 15.2 Å². The zero-order chi connectivity index (χ0) is 25.4. The van der Waals surface area contributed by atoms with Gasteiger partial charge in [0.2, 0.25) is 0 Å². The van der Waals surface area contributed by atoms with Crippen LogP contribution in [0.2, 0.25) is 0 Å². The lowest BCUT2D eigenvalue weighted by Gasteiger charge is -2.07. The van der Waals surface area contributed by atoms with Crippen molar-refractivity contribution in [3.63, 3.8) is 0 Å². The molecule has 0 radical (unpaired) electrons. The molecule has 0 saturated heterocycles. The number of esters is 1. The number of carbonyl (C=O) groups excluding carboxylic acids is 1. The molecule has 0 amide bonds. The molecule has 0 bridgehead atoms. The summed E-state index contributed by atoms with van der Waals surface area (Å²) in [6, 6.07) is 37.0. The molecule has 0 aromatic heterocycles. The third kappa shape index (κ3) is 9.57. The molecule has 0 unspecified atom stereocenters. The molecule has 5 heteroatoms. The molecule has 0 fully saturated rings. The second kappa shape index (κ2) is 14.9. The van der Waals surface area contributed by atoms with Crippen LogP contribution in [-0.2, 0) is 35.6 Å². The highest BCUT2D eigenvalue weighted by Gasteiger charge is 2.11. The minimum atomic E-state index is -0.983. The summed E-state index contributed by atoms with van der Waals surface area (Å²) in [5.74, 6) is -1.32. The van der Waals surface area contributed by atoms with E-state index in [-0.39, 0.29) is 24.6 Å². The summed E-state index contributed by atoms with van der Waals surface area (Å²) in [7, 11) is 0. The molecule has 4 rings (SSSR count). The lowest BCUT2D eigenvalue weighted by Crippen LogP contribution is -2.12. The minimum Gasteiger partial charge on any atom is -0.478 e. The van der Waals surface area contributed by atoms with Crippen molar-refractivity contribution in [3.05, 3.63) is 143 Å². The molecule has 0 atom stereocenters. The van der Waals surface area contributed by atoms with Crippen molar-refractivity contribution in [3.8, 4) is 0 Å². The number of benzene rings is 4. The normalized spacial score (nSPS) is 10.1. The Hall–Kier alpha value is -4.22. The summed E-state index contributed by atoms with van der Waals surface area (Å²) < 4.78 is 5.16. The predicted molar refractivity (Wildman–Crippen MR) is 141 cm³/mol. The lowest BCUT2D eigenvalue weighted by molar-refractivity contribution is -0.144. The molecular weight excluding hydrogens is 450 g/mol. The highest BCUT2D eigenvalue weighted by Crippen LogP contribution is 2.12. The molecule has 184 valence electrons. The van der Waals surface area contributed by atoms with E-state index in [1.165, 1.54) is 17.2 Å². The maximum Gasteiger partial charge on any atom is 0.335 e. The van der Waals surface area contributed by atoms with E-state index >= 15 is 0 Å². The van der Waals surface area contributed by atoms with Gasteiger partial charge in [0.05, 0.1) is 5.56 Å². The molecule has 0 saturated carbocycles. The second-order valence-electron chi connectivity index (χ2n) is 8.18. The predicted octanol–water partition coefficient (Wildman–Crippen LogP) is 6.04. The molecule has 0 aliphatic heterocycles. The minimum absolute atomic E-state index is 0.164. The monoisotopic (exact) mass is 481 g/mol. The van der Waals surface area contributed by atoms with E-state index in [2.05, 4.69) is 53.8 Å². The number of aryl methyl sites for hydroxylation is 1. The number of carboxylic acids is 1. The number of ether oxygens (including phenoxy) is 1. The number of aromatic carboxylic acids is 1. The Labute approximate surface area is 212 Å². The zero-order valence-corrected chi connectivity index (χ0v) is 20.2. The fourth-order valence-electron chi connectivity index (χ4n) is 3.54. The fourth-order valence-corrected chi connectivity index (χ4v) is 3.54. The Morgan fingerprint density at radius 3 is 1.64 bits per heavy atom. The van der Waals surface area contributed by atoms with E-state index in [1.807, 2.05) is 42.5 Å². The molecular formula is C31H31NO4. The van der Waals surface area contributed by atoms with Gasteiger partial charge in [-0.05, 0) is 34.7 Å². The lowest BCUT2D eigenvalue weighted by atomic mass is 10.0. The average Bonchev–Trinajstić information content (AvgIpc) is 2.93. The van der Waals surface area contributed by atoms with E-state index in [1.54, 1.807) is 18.2 Å². The van der Waals surface area contributed by atoms with Gasteiger partial charge in [0.15, 0.2) is 0 Å². The molecule has 36 heavy (non-hydrogen) atoms. The van der Waals surface area contributed by atoms with Crippen LogP contribution in [0.5, 0.6) is 0 Å². The Bertz CT molecular complexity index is 1160. The van der Waals surface area contributed by atoms with Crippen LogP contribution in [0.25, 0.3) is 0 Å². The van der Waals surface area contributed by atoms with Gasteiger partial charge in [-0.3, -0.25) is 4.79 Å². The number of hydrogen-bond acceptors (Lipinski definition) is 4. The summed E-state index contributed by atoms with van der Waals surface area (Å²) in [4.78, 5) is 22.8. The van der Waals surface area contributed by atoms with Crippen LogP contribution in [0.1, 0.15) is 39.0 Å². The third-order valence-electron chi connectivity index (χ3n) is 5.43. The van der Waals surface area contributed by atoms with Gasteiger partial charge in [-0.2, -0.15) is 0 Å². The Morgan fingerprint density at radius 1 is 0.639 bits per heavy atom. The summed E-state index contributed by atoms with van der Waals surface area (Å²) in [5, 5.41) is 12.5. The Morgan fingerprint density at radius 2 is 1.11 bits per heavy atom. The second-order valence-corrected chi connectivity index (χ2v) is 8.18. The smallest absolute Gasteiger partial charge is 0.335 e. The molecule has 0 heterocycles. The molecule has 0 aliphatic rings. The topological polar surface area (TPSA) is 75.6 Å². The Kier molecular flexibility index (Phi) is 10.9. The van der Waals surface area contributed by atoms with Crippen molar-refractivity contribution < 1.29 is 19.4 Å². The molecule has 4 aromatic rings. The van der Waals surface area contributed by atoms with Crippen LogP contribution in [0.4, 0.5) is 0 Å². The zero-order valence-electron chi connectivity index (χ0n) is 20.2. The third-order valence-corrected chi connectivity index (χ3v) is 5.43. The number of carbonyl (C=O) groups is 2. The molecule has 2 N–H and O–H groups in total. The summed E-state index contributed by atoms with van der Waals surface area (Å²) in [6.07, 6.45) is 0.521. The van der Waals surface area contributed by atoms with Crippen molar-refractivity contribution in [1.29, 1.82) is 0 Å². The first-order valence-electron chi connectivity index (χ1n) is 11.9. The maximum absolute atomic E-state index is 11.7. The van der Waals surface area contributed by atoms with Crippen LogP contribution < -0.4 is 5.32 Å². The standard InChI is InChI=1S/C17H16O4.C14H15N/c18-16(21-12-13-6-2-1-3-7-13)11-10-14-8-4-5-9-15(14)17(19)20;1-3-7-13(8-4-1)11-15-12-14-9-5-2-6-10-14/h1-9H,10-12H2,(H,19,20);1-10,15H,11-12H2. The van der Waals surface area contributed by atoms with Crippen LogP contribution in [0, 0.1) is 0 Å². The van der Waals surface area contributed by atoms with Gasteiger partial charge in [0, 0.05) is 19.5 Å². The number of rotatable bonds is 10. The van der Waals surface area contributed by atoms with Gasteiger partial charge in [0.25, 0.3) is 0 Å². The van der Waals surface area contributed by atoms with E-state index in [0.717, 1.165) is 18.7 Å². The fraction of sp³-hybridized carbons (Fsp3) is 0.161. The van der Waals surface area contributed by atoms with Gasteiger partial charge in [-0.25, -0.2) is 4.79 Å². The quantitative estimate of drug-likeness (QED) is 0.270. The molecule has 4 aromatic carbocycles. The number of carboxylic acid groups (broad SMARTS) is 1. The highest BCUT2D eigenvalue weighted by molar-refractivity contribution is 5.89. The van der Waals surface area contributed by atoms with E-state index in [9.17, 15) is 9.59 Å². The van der Waals surface area contributed by atoms with Crippen LogP contribution in [-0.4, -0.2) is 17.0 Å². The summed E-state index contributed by atoms with van der Waals surface area (Å²) in [5.41, 5.74) is 4.45.